The fourth-order valence-electron chi connectivity index (χ4n) is 2.86. The first kappa shape index (κ1) is 15.8. The van der Waals surface area contributed by atoms with Crippen molar-refractivity contribution in [3.8, 4) is 0 Å². The maximum Gasteiger partial charge on any atom is 0.254 e. The molecule has 1 N–H and O–H groups in total. The van der Waals surface area contributed by atoms with Gasteiger partial charge in [-0.2, -0.15) is 0 Å². The van der Waals surface area contributed by atoms with Crippen LogP contribution in [0.15, 0.2) is 12.1 Å². The van der Waals surface area contributed by atoms with E-state index in [2.05, 4.69) is 38.0 Å². The van der Waals surface area contributed by atoms with Crippen LogP contribution in [0.2, 0.25) is 0 Å². The highest BCUT2D eigenvalue weighted by Crippen LogP contribution is 2.26. The minimum atomic E-state index is -0.0724. The van der Waals surface area contributed by atoms with Gasteiger partial charge in [0.1, 0.15) is 5.82 Å². The normalized spacial score (nSPS) is 18.9. The molecule has 0 saturated carbocycles. The summed E-state index contributed by atoms with van der Waals surface area (Å²) in [4.78, 5) is 19.5. The Morgan fingerprint density at radius 3 is 2.71 bits per heavy atom. The Labute approximate surface area is 127 Å². The van der Waals surface area contributed by atoms with Gasteiger partial charge < -0.3 is 10.2 Å². The van der Waals surface area contributed by atoms with E-state index in [0.717, 1.165) is 42.9 Å². The topological polar surface area (TPSA) is 45.2 Å². The van der Waals surface area contributed by atoms with Crippen LogP contribution in [0.5, 0.6) is 0 Å². The Morgan fingerprint density at radius 1 is 1.43 bits per heavy atom. The molecule has 1 fully saturated rings. The molecule has 1 atom stereocenters. The third-order valence-corrected chi connectivity index (χ3v) is 4.21. The number of nitrogens with zero attached hydrogens (tertiary/aromatic N) is 2. The molecule has 0 bridgehead atoms. The molecule has 21 heavy (non-hydrogen) atoms. The van der Waals surface area contributed by atoms with Crippen LogP contribution in [0.3, 0.4) is 0 Å². The Morgan fingerprint density at radius 2 is 2.14 bits per heavy atom. The summed E-state index contributed by atoms with van der Waals surface area (Å²) in [5, 5.41) is 3.07. The Balaban J connectivity index is 2.36. The van der Waals surface area contributed by atoms with E-state index >= 15 is 0 Å². The van der Waals surface area contributed by atoms with Crippen molar-refractivity contribution >= 4 is 11.7 Å². The van der Waals surface area contributed by atoms with Crippen LogP contribution in [-0.2, 0) is 5.41 Å². The van der Waals surface area contributed by atoms with Crippen molar-refractivity contribution in [1.29, 1.82) is 0 Å². The number of carbonyl (C=O) groups is 1. The molecule has 4 heteroatoms. The Hall–Kier alpha value is -1.58. The molecule has 0 aliphatic carbocycles. The molecular formula is C17H27N3O. The summed E-state index contributed by atoms with van der Waals surface area (Å²) < 4.78 is 0. The number of anilines is 1. The van der Waals surface area contributed by atoms with Crippen molar-refractivity contribution in [2.75, 3.05) is 18.9 Å². The second-order valence-electron chi connectivity index (χ2n) is 6.83. The van der Waals surface area contributed by atoms with Crippen LogP contribution < -0.4 is 5.32 Å². The highest BCUT2D eigenvalue weighted by atomic mass is 16.2. The first-order chi connectivity index (χ1) is 9.86. The van der Waals surface area contributed by atoms with E-state index in [1.165, 1.54) is 0 Å². The van der Waals surface area contributed by atoms with Gasteiger partial charge in [-0.15, -0.1) is 0 Å². The van der Waals surface area contributed by atoms with Crippen molar-refractivity contribution in [2.24, 2.45) is 0 Å². The van der Waals surface area contributed by atoms with Crippen LogP contribution in [0.1, 0.15) is 63.0 Å². The highest BCUT2D eigenvalue weighted by molar-refractivity contribution is 5.95. The largest absolute Gasteiger partial charge is 0.373 e. The number of amides is 1. The fourth-order valence-corrected chi connectivity index (χ4v) is 2.86. The highest BCUT2D eigenvalue weighted by Gasteiger charge is 2.29. The van der Waals surface area contributed by atoms with Gasteiger partial charge in [0.15, 0.2) is 0 Å². The second-order valence-corrected chi connectivity index (χ2v) is 6.83. The minimum Gasteiger partial charge on any atom is -0.373 e. The van der Waals surface area contributed by atoms with Crippen LogP contribution >= 0.6 is 0 Å². The number of nitrogens with one attached hydrogen (secondary N) is 1. The van der Waals surface area contributed by atoms with E-state index in [-0.39, 0.29) is 11.3 Å². The van der Waals surface area contributed by atoms with Gasteiger partial charge in [0, 0.05) is 36.3 Å². The summed E-state index contributed by atoms with van der Waals surface area (Å²) in [7, 11) is 1.84. The standard InChI is InChI=1S/C17H27N3O/c1-6-13-8-7-9-20(13)16(21)12-10-14(17(2,3)4)19-15(11-12)18-5/h10-11,13H,6-9H2,1-5H3,(H,18,19). The van der Waals surface area contributed by atoms with Gasteiger partial charge in [-0.25, -0.2) is 4.98 Å². The van der Waals surface area contributed by atoms with Crippen LogP contribution in [0, 0.1) is 0 Å². The quantitative estimate of drug-likeness (QED) is 0.927. The molecule has 1 unspecified atom stereocenters. The summed E-state index contributed by atoms with van der Waals surface area (Å²) in [6.45, 7) is 9.39. The van der Waals surface area contributed by atoms with Gasteiger partial charge in [0.25, 0.3) is 5.91 Å². The number of pyridine rings is 1. The number of rotatable bonds is 3. The molecule has 1 aliphatic rings. The van der Waals surface area contributed by atoms with Crippen molar-refractivity contribution in [1.82, 2.24) is 9.88 Å². The van der Waals surface area contributed by atoms with Gasteiger partial charge in [0.05, 0.1) is 0 Å². The lowest BCUT2D eigenvalue weighted by Gasteiger charge is -2.25. The lowest BCUT2D eigenvalue weighted by atomic mass is 9.90. The van der Waals surface area contributed by atoms with Gasteiger partial charge in [-0.3, -0.25) is 4.79 Å². The average molecular weight is 289 g/mol. The molecule has 4 nitrogen and oxygen atoms in total. The minimum absolute atomic E-state index is 0.0724. The molecule has 1 aliphatic heterocycles. The molecule has 1 aromatic heterocycles. The third kappa shape index (κ3) is 3.36. The monoisotopic (exact) mass is 289 g/mol. The molecule has 116 valence electrons. The molecule has 1 saturated heterocycles. The van der Waals surface area contributed by atoms with Gasteiger partial charge in [0.2, 0.25) is 0 Å². The molecule has 0 spiro atoms. The maximum absolute atomic E-state index is 12.8. The van der Waals surface area contributed by atoms with E-state index < -0.39 is 0 Å². The summed E-state index contributed by atoms with van der Waals surface area (Å²) in [5.41, 5.74) is 1.63. The number of aromatic nitrogens is 1. The van der Waals surface area contributed by atoms with Gasteiger partial charge >= 0.3 is 0 Å². The third-order valence-electron chi connectivity index (χ3n) is 4.21. The zero-order valence-electron chi connectivity index (χ0n) is 13.9. The Kier molecular flexibility index (Phi) is 4.55. The Bertz CT molecular complexity index is 519. The van der Waals surface area contributed by atoms with E-state index in [1.54, 1.807) is 0 Å². The smallest absolute Gasteiger partial charge is 0.254 e. The van der Waals surface area contributed by atoms with Crippen LogP contribution in [0.25, 0.3) is 0 Å². The molecule has 1 aromatic rings. The molecule has 2 heterocycles. The van der Waals surface area contributed by atoms with E-state index in [9.17, 15) is 4.79 Å². The predicted octanol–water partition coefficient (Wildman–Crippen LogP) is 3.44. The molecule has 0 radical (unpaired) electrons. The summed E-state index contributed by atoms with van der Waals surface area (Å²) in [5.74, 6) is 0.904. The van der Waals surface area contributed by atoms with Gasteiger partial charge in [-0.1, -0.05) is 27.7 Å². The first-order valence-corrected chi connectivity index (χ1v) is 7.88. The van der Waals surface area contributed by atoms with Crippen LogP contribution in [-0.4, -0.2) is 35.4 Å². The van der Waals surface area contributed by atoms with E-state index in [4.69, 9.17) is 0 Å². The fraction of sp³-hybridized carbons (Fsp3) is 0.647. The van der Waals surface area contributed by atoms with Crippen molar-refractivity contribution in [2.45, 2.75) is 58.4 Å². The number of hydrogen-bond acceptors (Lipinski definition) is 3. The predicted molar refractivity (Wildman–Crippen MR) is 86.8 cm³/mol. The molecule has 1 amide bonds. The van der Waals surface area contributed by atoms with Crippen molar-refractivity contribution < 1.29 is 4.79 Å². The second kappa shape index (κ2) is 6.04. The van der Waals surface area contributed by atoms with Crippen LogP contribution in [0.4, 0.5) is 5.82 Å². The average Bonchev–Trinajstić information content (AvgIpc) is 2.93. The van der Waals surface area contributed by atoms with Gasteiger partial charge in [-0.05, 0) is 31.4 Å². The lowest BCUT2D eigenvalue weighted by Crippen LogP contribution is -2.35. The number of hydrogen-bond donors (Lipinski definition) is 1. The lowest BCUT2D eigenvalue weighted by molar-refractivity contribution is 0.0733. The molecule has 0 aromatic carbocycles. The summed E-state index contributed by atoms with van der Waals surface area (Å²) in [6, 6.07) is 4.21. The molecular weight excluding hydrogens is 262 g/mol. The summed E-state index contributed by atoms with van der Waals surface area (Å²) >= 11 is 0. The zero-order valence-corrected chi connectivity index (χ0v) is 13.9. The number of likely N-dealkylation sites (tertiary alicyclic amines) is 1. The molecule has 2 rings (SSSR count). The van der Waals surface area contributed by atoms with Crippen molar-refractivity contribution in [3.05, 3.63) is 23.4 Å². The van der Waals surface area contributed by atoms with E-state index in [0.29, 0.717) is 6.04 Å². The maximum atomic E-state index is 12.8. The first-order valence-electron chi connectivity index (χ1n) is 7.88. The van der Waals surface area contributed by atoms with Crippen molar-refractivity contribution in [3.63, 3.8) is 0 Å². The SMILES string of the molecule is CCC1CCCN1C(=O)c1cc(NC)nc(C(C)(C)C)c1. The van der Waals surface area contributed by atoms with E-state index in [1.807, 2.05) is 24.1 Å². The zero-order chi connectivity index (χ0) is 15.6. The number of carbonyl (C=O) groups excluding carboxylic acids is 1. The summed E-state index contributed by atoms with van der Waals surface area (Å²) in [6.07, 6.45) is 3.26.